The molecule has 134 valence electrons. The molecule has 0 bridgehead atoms. The Morgan fingerprint density at radius 1 is 1.28 bits per heavy atom. The van der Waals surface area contributed by atoms with Crippen molar-refractivity contribution >= 4 is 23.1 Å². The van der Waals surface area contributed by atoms with Gasteiger partial charge in [0.15, 0.2) is 5.82 Å². The molecule has 0 amide bonds. The minimum absolute atomic E-state index is 0.0519. The van der Waals surface area contributed by atoms with E-state index in [0.717, 1.165) is 31.0 Å². The third-order valence-corrected chi connectivity index (χ3v) is 4.17. The van der Waals surface area contributed by atoms with Gasteiger partial charge >= 0.3 is 6.36 Å². The summed E-state index contributed by atoms with van der Waals surface area (Å²) in [5.74, 6) is 0.847. The molecule has 5 nitrogen and oxygen atoms in total. The Bertz CT molecular complexity index is 766. The predicted octanol–water partition coefficient (Wildman–Crippen LogP) is 4.49. The molecule has 25 heavy (non-hydrogen) atoms. The second-order valence-corrected chi connectivity index (χ2v) is 6.24. The van der Waals surface area contributed by atoms with Crippen molar-refractivity contribution in [2.45, 2.75) is 25.6 Å². The lowest BCUT2D eigenvalue weighted by Gasteiger charge is -2.13. The summed E-state index contributed by atoms with van der Waals surface area (Å²) in [7, 11) is 0. The normalized spacial score (nSPS) is 14.4. The third-order valence-electron chi connectivity index (χ3n) is 3.86. The highest BCUT2D eigenvalue weighted by atomic mass is 35.5. The Morgan fingerprint density at radius 2 is 2.04 bits per heavy atom. The van der Waals surface area contributed by atoms with Gasteiger partial charge in [-0.3, -0.25) is 0 Å². The van der Waals surface area contributed by atoms with Crippen LogP contribution in [0.25, 0.3) is 11.3 Å². The standard InChI is InChI=1S/C16H16ClF3N4O/c17-12-7-10(25-16(18,19)20)3-4-11(12)14-13(21)15(24-8-23-14)22-6-5-9-1-2-9/h3-4,7-9H,1-2,5-6,21H2,(H,22,23,24). The molecule has 1 aliphatic carbocycles. The summed E-state index contributed by atoms with van der Waals surface area (Å²) in [6.45, 7) is 0.747. The van der Waals surface area contributed by atoms with Crippen LogP contribution in [-0.4, -0.2) is 22.9 Å². The molecule has 1 aromatic heterocycles. The lowest BCUT2D eigenvalue weighted by Crippen LogP contribution is -2.17. The number of halogens is 4. The summed E-state index contributed by atoms with van der Waals surface area (Å²) in [6, 6.07) is 3.62. The molecule has 0 spiro atoms. The van der Waals surface area contributed by atoms with E-state index in [0.29, 0.717) is 22.8 Å². The van der Waals surface area contributed by atoms with Gasteiger partial charge in [0, 0.05) is 12.1 Å². The maximum atomic E-state index is 12.3. The van der Waals surface area contributed by atoms with E-state index in [1.807, 2.05) is 0 Å². The molecule has 1 aromatic carbocycles. The minimum atomic E-state index is -4.78. The highest BCUT2D eigenvalue weighted by Crippen LogP contribution is 2.36. The molecule has 1 fully saturated rings. The number of aromatic nitrogens is 2. The second kappa shape index (κ2) is 6.95. The van der Waals surface area contributed by atoms with Crippen LogP contribution in [0.5, 0.6) is 5.75 Å². The molecule has 2 aromatic rings. The van der Waals surface area contributed by atoms with Crippen molar-refractivity contribution in [2.75, 3.05) is 17.6 Å². The summed E-state index contributed by atoms with van der Waals surface area (Å²) in [5, 5.41) is 3.22. The molecule has 3 rings (SSSR count). The Balaban J connectivity index is 1.80. The van der Waals surface area contributed by atoms with E-state index in [2.05, 4.69) is 20.0 Å². The fourth-order valence-electron chi connectivity index (χ4n) is 2.44. The average molecular weight is 373 g/mol. The van der Waals surface area contributed by atoms with Crippen LogP contribution in [-0.2, 0) is 0 Å². The van der Waals surface area contributed by atoms with Gasteiger partial charge in [0.05, 0.1) is 5.02 Å². The van der Waals surface area contributed by atoms with Crippen LogP contribution in [0.15, 0.2) is 24.5 Å². The van der Waals surface area contributed by atoms with Crippen molar-refractivity contribution in [1.82, 2.24) is 9.97 Å². The molecule has 0 aliphatic heterocycles. The number of nitrogens with zero attached hydrogens (tertiary/aromatic N) is 2. The summed E-state index contributed by atoms with van der Waals surface area (Å²) in [5.41, 5.74) is 7.15. The lowest BCUT2D eigenvalue weighted by atomic mass is 10.1. The number of benzene rings is 1. The molecular weight excluding hydrogens is 357 g/mol. The number of hydrogen-bond donors (Lipinski definition) is 2. The van der Waals surface area contributed by atoms with Crippen LogP contribution in [0.3, 0.4) is 0 Å². The van der Waals surface area contributed by atoms with Gasteiger partial charge in [-0.1, -0.05) is 24.4 Å². The smallest absolute Gasteiger partial charge is 0.406 e. The number of alkyl halides is 3. The van der Waals surface area contributed by atoms with E-state index in [1.54, 1.807) is 0 Å². The number of ether oxygens (including phenoxy) is 1. The molecule has 0 radical (unpaired) electrons. The zero-order valence-electron chi connectivity index (χ0n) is 13.1. The number of nitrogens with two attached hydrogens (primary N) is 1. The topological polar surface area (TPSA) is 73.1 Å². The number of anilines is 2. The maximum absolute atomic E-state index is 12.3. The van der Waals surface area contributed by atoms with Gasteiger partial charge in [-0.05, 0) is 30.5 Å². The van der Waals surface area contributed by atoms with Crippen LogP contribution < -0.4 is 15.8 Å². The van der Waals surface area contributed by atoms with Gasteiger partial charge < -0.3 is 15.8 Å². The molecule has 9 heteroatoms. The van der Waals surface area contributed by atoms with Crippen LogP contribution in [0, 0.1) is 5.92 Å². The second-order valence-electron chi connectivity index (χ2n) is 5.83. The molecule has 0 saturated heterocycles. The summed E-state index contributed by atoms with van der Waals surface area (Å²) in [6.07, 6.45) is 0.115. The van der Waals surface area contributed by atoms with Gasteiger partial charge in [0.1, 0.15) is 23.5 Å². The first-order valence-corrected chi connectivity index (χ1v) is 8.11. The highest BCUT2D eigenvalue weighted by Gasteiger charge is 2.31. The molecule has 1 heterocycles. The first-order chi connectivity index (χ1) is 11.8. The molecule has 1 saturated carbocycles. The zero-order valence-corrected chi connectivity index (χ0v) is 13.9. The monoisotopic (exact) mass is 372 g/mol. The van der Waals surface area contributed by atoms with Gasteiger partial charge in [-0.25, -0.2) is 9.97 Å². The fraction of sp³-hybridized carbons (Fsp3) is 0.375. The van der Waals surface area contributed by atoms with Gasteiger partial charge in [0.25, 0.3) is 0 Å². The van der Waals surface area contributed by atoms with Crippen LogP contribution in [0.1, 0.15) is 19.3 Å². The third kappa shape index (κ3) is 4.66. The molecular formula is C16H16ClF3N4O. The van der Waals surface area contributed by atoms with Crippen molar-refractivity contribution in [3.05, 3.63) is 29.5 Å². The van der Waals surface area contributed by atoms with E-state index < -0.39 is 12.1 Å². The van der Waals surface area contributed by atoms with Crippen molar-refractivity contribution < 1.29 is 17.9 Å². The Kier molecular flexibility index (Phi) is 4.89. The SMILES string of the molecule is Nc1c(NCCC2CC2)ncnc1-c1ccc(OC(F)(F)F)cc1Cl. The van der Waals surface area contributed by atoms with E-state index in [1.165, 1.54) is 25.2 Å². The number of hydrogen-bond acceptors (Lipinski definition) is 5. The first-order valence-electron chi connectivity index (χ1n) is 7.73. The number of nitrogens with one attached hydrogen (secondary N) is 1. The van der Waals surface area contributed by atoms with Crippen LogP contribution in [0.2, 0.25) is 5.02 Å². The fourth-order valence-corrected chi connectivity index (χ4v) is 2.70. The van der Waals surface area contributed by atoms with E-state index >= 15 is 0 Å². The Labute approximate surface area is 147 Å². The summed E-state index contributed by atoms with van der Waals surface area (Å²) < 4.78 is 40.7. The minimum Gasteiger partial charge on any atom is -0.406 e. The maximum Gasteiger partial charge on any atom is 0.573 e. The van der Waals surface area contributed by atoms with Gasteiger partial charge in [0.2, 0.25) is 0 Å². The lowest BCUT2D eigenvalue weighted by molar-refractivity contribution is -0.274. The predicted molar refractivity (Wildman–Crippen MR) is 89.4 cm³/mol. The molecule has 1 aliphatic rings. The van der Waals surface area contributed by atoms with E-state index in [9.17, 15) is 13.2 Å². The number of nitrogen functional groups attached to an aromatic ring is 1. The van der Waals surface area contributed by atoms with Crippen molar-refractivity contribution in [3.63, 3.8) is 0 Å². The average Bonchev–Trinajstić information content (AvgIpc) is 3.32. The van der Waals surface area contributed by atoms with E-state index in [4.69, 9.17) is 17.3 Å². The quantitative estimate of drug-likeness (QED) is 0.781. The van der Waals surface area contributed by atoms with Crippen LogP contribution in [0.4, 0.5) is 24.7 Å². The van der Waals surface area contributed by atoms with Crippen molar-refractivity contribution in [1.29, 1.82) is 0 Å². The van der Waals surface area contributed by atoms with Crippen molar-refractivity contribution in [3.8, 4) is 17.0 Å². The molecule has 0 unspecified atom stereocenters. The Morgan fingerprint density at radius 3 is 2.68 bits per heavy atom. The number of rotatable bonds is 6. The van der Waals surface area contributed by atoms with Crippen LogP contribution >= 0.6 is 11.6 Å². The van der Waals surface area contributed by atoms with Crippen molar-refractivity contribution in [2.24, 2.45) is 5.92 Å². The van der Waals surface area contributed by atoms with E-state index in [-0.39, 0.29) is 5.02 Å². The van der Waals surface area contributed by atoms with Gasteiger partial charge in [-0.2, -0.15) is 0 Å². The first kappa shape index (κ1) is 17.6. The molecule has 3 N–H and O–H groups in total. The highest BCUT2D eigenvalue weighted by molar-refractivity contribution is 6.33. The summed E-state index contributed by atoms with van der Waals surface area (Å²) in [4.78, 5) is 8.22. The zero-order chi connectivity index (χ0) is 18.0. The van der Waals surface area contributed by atoms with Gasteiger partial charge in [-0.15, -0.1) is 13.2 Å². The summed E-state index contributed by atoms with van der Waals surface area (Å²) >= 11 is 6.09. The largest absolute Gasteiger partial charge is 0.573 e. The molecule has 0 atom stereocenters. The Hall–Kier alpha value is -2.22.